The zero-order chi connectivity index (χ0) is 6.69. The molecule has 0 aliphatic heterocycles. The average Bonchev–Trinajstić information content (AvgIpc) is 1.89. The zero-order valence-electron chi connectivity index (χ0n) is 4.79. The lowest BCUT2D eigenvalue weighted by Crippen LogP contribution is -2.14. The second-order valence-electron chi connectivity index (χ2n) is 1.59. The molecule has 0 unspecified atom stereocenters. The van der Waals surface area contributed by atoms with Crippen molar-refractivity contribution >= 4 is 0 Å². The topological polar surface area (TPSA) is 71.8 Å². The lowest BCUT2D eigenvalue weighted by atomic mass is 10.4. The highest BCUT2D eigenvalue weighted by Crippen LogP contribution is 1.75. The van der Waals surface area contributed by atoms with E-state index in [4.69, 9.17) is 5.73 Å². The van der Waals surface area contributed by atoms with Crippen LogP contribution in [0, 0.1) is 0 Å². The summed E-state index contributed by atoms with van der Waals surface area (Å²) in [7, 11) is 0. The number of hydrogen-bond donors (Lipinski definition) is 2. The molecule has 4 nitrogen and oxygen atoms in total. The molecule has 0 spiro atoms. The molecule has 3 N–H and O–H groups in total. The molecule has 0 aliphatic carbocycles. The first-order valence-corrected chi connectivity index (χ1v) is 2.57. The number of nitrogens with two attached hydrogens (primary N) is 1. The third kappa shape index (κ3) is 1.14. The van der Waals surface area contributed by atoms with Gasteiger partial charge in [0.2, 0.25) is 5.43 Å². The van der Waals surface area contributed by atoms with Gasteiger partial charge in [-0.25, -0.2) is 0 Å². The Hall–Kier alpha value is -1.16. The van der Waals surface area contributed by atoms with Gasteiger partial charge in [0.05, 0.1) is 0 Å². The van der Waals surface area contributed by atoms with E-state index in [0.29, 0.717) is 5.69 Å². The predicted octanol–water partition coefficient (Wildman–Crippen LogP) is -0.771. The van der Waals surface area contributed by atoms with Crippen LogP contribution >= 0.6 is 0 Å². The average molecular weight is 125 g/mol. The Morgan fingerprint density at radius 3 is 3.00 bits per heavy atom. The quantitative estimate of drug-likeness (QED) is 0.517. The molecule has 0 aromatic carbocycles. The first-order chi connectivity index (χ1) is 4.34. The molecule has 48 valence electrons. The van der Waals surface area contributed by atoms with E-state index in [2.05, 4.69) is 10.2 Å². The fraction of sp³-hybridized carbons (Fsp3) is 0.200. The van der Waals surface area contributed by atoms with Gasteiger partial charge < -0.3 is 5.73 Å². The molecule has 0 atom stereocenters. The summed E-state index contributed by atoms with van der Waals surface area (Å²) in [6, 6.07) is 1.40. The third-order valence-electron chi connectivity index (χ3n) is 0.987. The summed E-state index contributed by atoms with van der Waals surface area (Å²) in [5.74, 6) is 0. The molecule has 0 saturated carbocycles. The van der Waals surface area contributed by atoms with Crippen LogP contribution in [0.3, 0.4) is 0 Å². The van der Waals surface area contributed by atoms with E-state index in [1.165, 1.54) is 12.3 Å². The van der Waals surface area contributed by atoms with Crippen LogP contribution in [0.25, 0.3) is 0 Å². The summed E-state index contributed by atoms with van der Waals surface area (Å²) in [6.45, 7) is 0.191. The molecule has 1 aromatic heterocycles. The maximum absolute atomic E-state index is 10.7. The van der Waals surface area contributed by atoms with Crippen LogP contribution in [0.4, 0.5) is 0 Å². The summed E-state index contributed by atoms with van der Waals surface area (Å²) in [5, 5.41) is 6.16. The van der Waals surface area contributed by atoms with Gasteiger partial charge >= 0.3 is 0 Å². The van der Waals surface area contributed by atoms with Crippen LogP contribution < -0.4 is 11.2 Å². The van der Waals surface area contributed by atoms with Crippen LogP contribution in [0.5, 0.6) is 0 Å². The number of aromatic amines is 1. The second kappa shape index (κ2) is 2.41. The number of nitrogens with zero attached hydrogens (tertiary/aromatic N) is 1. The van der Waals surface area contributed by atoms with E-state index in [1.807, 2.05) is 0 Å². The molecule has 4 heteroatoms. The van der Waals surface area contributed by atoms with Crippen LogP contribution in [-0.4, -0.2) is 10.2 Å². The van der Waals surface area contributed by atoms with E-state index >= 15 is 0 Å². The van der Waals surface area contributed by atoms with Gasteiger partial charge in [0.25, 0.3) is 0 Å². The maximum atomic E-state index is 10.7. The first kappa shape index (κ1) is 5.97. The van der Waals surface area contributed by atoms with Crippen molar-refractivity contribution in [1.29, 1.82) is 0 Å². The Morgan fingerprint density at radius 2 is 2.56 bits per heavy atom. The van der Waals surface area contributed by atoms with E-state index in [1.54, 1.807) is 0 Å². The summed E-state index contributed by atoms with van der Waals surface area (Å²) in [5.41, 5.74) is 5.43. The normalized spacial score (nSPS) is 9.44. The van der Waals surface area contributed by atoms with Gasteiger partial charge in [0.15, 0.2) is 0 Å². The molecular weight excluding hydrogens is 118 g/mol. The van der Waals surface area contributed by atoms with Crippen molar-refractivity contribution in [2.24, 2.45) is 5.73 Å². The van der Waals surface area contributed by atoms with Crippen molar-refractivity contribution < 1.29 is 0 Å². The first-order valence-electron chi connectivity index (χ1n) is 2.57. The standard InChI is InChI=1S/C5H7N3O/c6-3-4-5(9)1-2-7-8-4/h1-2H,3,6H2,(H,7,9). The number of rotatable bonds is 1. The second-order valence-corrected chi connectivity index (χ2v) is 1.59. The molecule has 0 fully saturated rings. The van der Waals surface area contributed by atoms with Crippen molar-refractivity contribution in [2.45, 2.75) is 6.54 Å². The molecule has 9 heavy (non-hydrogen) atoms. The summed E-state index contributed by atoms with van der Waals surface area (Å²) in [6.07, 6.45) is 1.47. The van der Waals surface area contributed by atoms with Gasteiger partial charge in [-0.3, -0.25) is 9.89 Å². The van der Waals surface area contributed by atoms with Gasteiger partial charge in [-0.05, 0) is 0 Å². The molecule has 1 heterocycles. The molecule has 0 aliphatic rings. The molecule has 0 radical (unpaired) electrons. The number of aromatic nitrogens is 2. The van der Waals surface area contributed by atoms with Gasteiger partial charge in [0, 0.05) is 18.8 Å². The number of nitrogens with one attached hydrogen (secondary N) is 1. The number of H-pyrrole nitrogens is 1. The Labute approximate surface area is 51.7 Å². The Kier molecular flexibility index (Phi) is 1.60. The molecule has 1 rings (SSSR count). The van der Waals surface area contributed by atoms with Crippen LogP contribution in [-0.2, 0) is 6.54 Å². The van der Waals surface area contributed by atoms with Crippen LogP contribution in [0.1, 0.15) is 5.69 Å². The maximum Gasteiger partial charge on any atom is 0.204 e. The van der Waals surface area contributed by atoms with E-state index < -0.39 is 0 Å². The SMILES string of the molecule is NCc1n[nH]ccc1=O. The Balaban J connectivity index is 3.16. The zero-order valence-corrected chi connectivity index (χ0v) is 4.79. The lowest BCUT2D eigenvalue weighted by molar-refractivity contribution is 0.883. The largest absolute Gasteiger partial charge is 0.325 e. The smallest absolute Gasteiger partial charge is 0.204 e. The molecular formula is C5H7N3O. The van der Waals surface area contributed by atoms with Crippen molar-refractivity contribution in [3.8, 4) is 0 Å². The fourth-order valence-electron chi connectivity index (χ4n) is 0.526. The number of hydrogen-bond acceptors (Lipinski definition) is 3. The molecule has 0 saturated heterocycles. The molecule has 1 aromatic rings. The highest BCUT2D eigenvalue weighted by Gasteiger charge is 1.92. The Bertz CT molecular complexity index is 242. The fourth-order valence-corrected chi connectivity index (χ4v) is 0.526. The van der Waals surface area contributed by atoms with Gasteiger partial charge in [-0.1, -0.05) is 0 Å². The summed E-state index contributed by atoms with van der Waals surface area (Å²) in [4.78, 5) is 10.7. The van der Waals surface area contributed by atoms with Gasteiger partial charge in [-0.2, -0.15) is 5.10 Å². The minimum Gasteiger partial charge on any atom is -0.325 e. The highest BCUT2D eigenvalue weighted by molar-refractivity contribution is 4.98. The monoisotopic (exact) mass is 125 g/mol. The van der Waals surface area contributed by atoms with Crippen LogP contribution in [0.2, 0.25) is 0 Å². The van der Waals surface area contributed by atoms with Crippen molar-refractivity contribution in [2.75, 3.05) is 0 Å². The van der Waals surface area contributed by atoms with Crippen LogP contribution in [0.15, 0.2) is 17.1 Å². The highest BCUT2D eigenvalue weighted by atomic mass is 16.1. The minimum atomic E-state index is -0.115. The molecule has 0 amide bonds. The minimum absolute atomic E-state index is 0.115. The van der Waals surface area contributed by atoms with Crippen molar-refractivity contribution in [1.82, 2.24) is 10.2 Å². The van der Waals surface area contributed by atoms with Crippen molar-refractivity contribution in [3.63, 3.8) is 0 Å². The van der Waals surface area contributed by atoms with E-state index in [-0.39, 0.29) is 12.0 Å². The van der Waals surface area contributed by atoms with Gasteiger partial charge in [0.1, 0.15) is 5.69 Å². The predicted molar refractivity (Wildman–Crippen MR) is 32.7 cm³/mol. The Morgan fingerprint density at radius 1 is 1.78 bits per heavy atom. The summed E-state index contributed by atoms with van der Waals surface area (Å²) < 4.78 is 0. The van der Waals surface area contributed by atoms with Crippen molar-refractivity contribution in [3.05, 3.63) is 28.2 Å². The molecule has 0 bridgehead atoms. The lowest BCUT2D eigenvalue weighted by Gasteiger charge is -1.88. The van der Waals surface area contributed by atoms with E-state index in [0.717, 1.165) is 0 Å². The summed E-state index contributed by atoms with van der Waals surface area (Å²) >= 11 is 0. The van der Waals surface area contributed by atoms with Gasteiger partial charge in [-0.15, -0.1) is 0 Å². The van der Waals surface area contributed by atoms with E-state index in [9.17, 15) is 4.79 Å². The third-order valence-corrected chi connectivity index (χ3v) is 0.987.